The fraction of sp³-hybridized carbons (Fsp3) is 0.867. The number of aliphatic hydroxyl groups is 6. The van der Waals surface area contributed by atoms with E-state index in [1.54, 1.807) is 41.5 Å². The van der Waals surface area contributed by atoms with Gasteiger partial charge in [0.05, 0.1) is 79.4 Å². The van der Waals surface area contributed by atoms with Gasteiger partial charge < -0.3 is 145 Å². The largest absolute Gasteiger partial charge is 0.505 e. The molecule has 10 aliphatic heterocycles. The molecule has 1 aromatic carbocycles. The van der Waals surface area contributed by atoms with Gasteiger partial charge >= 0.3 is 17.9 Å². The van der Waals surface area contributed by atoms with Gasteiger partial charge in [-0.05, 0) is 61.0 Å². The van der Waals surface area contributed by atoms with Crippen LogP contribution in [0.15, 0.2) is 0 Å². The van der Waals surface area contributed by atoms with Crippen LogP contribution in [0.5, 0.6) is 11.5 Å². The van der Waals surface area contributed by atoms with E-state index in [1.807, 2.05) is 0 Å². The van der Waals surface area contributed by atoms with Crippen LogP contribution in [0.3, 0.4) is 0 Å². The highest BCUT2D eigenvalue weighted by Crippen LogP contribution is 2.53. The first-order chi connectivity index (χ1) is 44.3. The zero-order chi connectivity index (χ0) is 68.2. The Morgan fingerprint density at radius 3 is 1.98 bits per heavy atom. The smallest absolute Gasteiger partial charge is 0.342 e. The molecule has 10 fully saturated rings. The van der Waals surface area contributed by atoms with Crippen LogP contribution in [0.2, 0.25) is 10.0 Å². The average Bonchev–Trinajstić information content (AvgIpc) is 1.53. The Bertz CT molecular complexity index is 2790. The predicted octanol–water partition coefficient (Wildman–Crippen LogP) is 0.541. The van der Waals surface area contributed by atoms with Crippen molar-refractivity contribution < 1.29 is 155 Å². The first kappa shape index (κ1) is 72.5. The number of carbonyl (C=O) groups is 2. The molecule has 2 spiro atoms. The Kier molecular flexibility index (Phi) is 21.6. The van der Waals surface area contributed by atoms with Gasteiger partial charge in [0.15, 0.2) is 55.0 Å². The molecule has 534 valence electrons. The van der Waals surface area contributed by atoms with Crippen LogP contribution < -0.4 is 0 Å². The van der Waals surface area contributed by atoms with E-state index in [-0.39, 0.29) is 49.9 Å². The van der Waals surface area contributed by atoms with Gasteiger partial charge in [0.1, 0.15) is 102 Å². The molecule has 1 aromatic rings. The summed E-state index contributed by atoms with van der Waals surface area (Å²) in [5, 5.41) is 89.7. The lowest BCUT2D eigenvalue weighted by atomic mass is 9.80. The molecule has 0 radical (unpaired) electrons. The summed E-state index contributed by atoms with van der Waals surface area (Å²) in [6.45, 7) is 15.2. The van der Waals surface area contributed by atoms with Gasteiger partial charge in [-0.1, -0.05) is 37.0 Å². The van der Waals surface area contributed by atoms with Crippen molar-refractivity contribution in [1.82, 2.24) is 0 Å². The summed E-state index contributed by atoms with van der Waals surface area (Å²) >= 11 is 12.1. The number of aliphatic hydroxyl groups excluding tert-OH is 5. The highest BCUT2D eigenvalue weighted by molar-refractivity contribution is 6.39. The molecule has 10 heterocycles. The van der Waals surface area contributed by atoms with Crippen LogP contribution in [0.1, 0.15) is 97.5 Å². The van der Waals surface area contributed by atoms with Gasteiger partial charge in [0, 0.05) is 34.2 Å². The maximum absolute atomic E-state index is 13.5. The number of hydrogen-bond acceptors (Lipinski definition) is 32. The molecule has 0 aromatic heterocycles. The number of phenols is 2. The molecule has 0 aliphatic carbocycles. The van der Waals surface area contributed by atoms with E-state index in [1.165, 1.54) is 49.0 Å². The number of fused-ring (bicyclic) bond motifs is 4. The summed E-state index contributed by atoms with van der Waals surface area (Å²) in [5.74, 6) is -7.60. The maximum atomic E-state index is 13.5. The van der Waals surface area contributed by atoms with Crippen LogP contribution in [-0.4, -0.2) is 289 Å². The minimum absolute atomic E-state index is 0.00130. The van der Waals surface area contributed by atoms with E-state index in [0.29, 0.717) is 0 Å². The van der Waals surface area contributed by atoms with Crippen LogP contribution in [0, 0.1) is 12.8 Å². The van der Waals surface area contributed by atoms with E-state index < -0.39 is 235 Å². The topological polar surface area (TPSA) is 399 Å². The zero-order valence-electron chi connectivity index (χ0n) is 54.1. The number of aromatic hydroxyl groups is 2. The van der Waals surface area contributed by atoms with Crippen molar-refractivity contribution >= 4 is 35.1 Å². The number of hydrogen-bond donors (Lipinski definition) is 8. The summed E-state index contributed by atoms with van der Waals surface area (Å²) in [4.78, 5) is 26.8. The normalized spacial score (nSPS) is 48.1. The van der Waals surface area contributed by atoms with E-state index in [2.05, 4.69) is 0 Å². The highest BCUT2D eigenvalue weighted by Gasteiger charge is 2.73. The van der Waals surface area contributed by atoms with Crippen molar-refractivity contribution in [2.24, 2.45) is 5.92 Å². The van der Waals surface area contributed by atoms with Crippen molar-refractivity contribution in [3.63, 3.8) is 0 Å². The second-order valence-electron chi connectivity index (χ2n) is 26.2. The third-order valence-corrected chi connectivity index (χ3v) is 20.2. The molecule has 10 aliphatic rings. The van der Waals surface area contributed by atoms with Crippen LogP contribution in [0.25, 0.3) is 0 Å². The summed E-state index contributed by atoms with van der Waals surface area (Å²) in [7, 11) is 4.10. The molecular formula is C60H88Cl2O32. The van der Waals surface area contributed by atoms with Gasteiger partial charge in [-0.15, -0.1) is 0 Å². The average molecular weight is 1390 g/mol. The van der Waals surface area contributed by atoms with Crippen molar-refractivity contribution in [1.29, 1.82) is 0 Å². The second kappa shape index (κ2) is 28.0. The fourth-order valence-electron chi connectivity index (χ4n) is 14.5. The third-order valence-electron chi connectivity index (χ3n) is 19.4. The number of benzene rings is 1. The number of methoxy groups -OCH3 is 3. The van der Waals surface area contributed by atoms with Gasteiger partial charge in [0.25, 0.3) is 5.97 Å². The van der Waals surface area contributed by atoms with E-state index >= 15 is 0 Å². The predicted molar refractivity (Wildman–Crippen MR) is 309 cm³/mol. The molecular weight excluding hydrogens is 1300 g/mol. The Hall–Kier alpha value is -2.70. The van der Waals surface area contributed by atoms with Gasteiger partial charge in [0.2, 0.25) is 6.29 Å². The Morgan fingerprint density at radius 2 is 1.32 bits per heavy atom. The minimum Gasteiger partial charge on any atom is -0.505 e. The molecule has 34 heteroatoms. The SMILES string of the molecule is COCC1OC(OC2OCC3OC4(OC3C2OC(=O)C(C)C)OC(C)C(O)(C(C)O)C2OCOC24)C(OC)C(O)C1OC1OC(C)C(OC)C(OC2CC3(C)OC4(CC(O)C(OC5CC(O)C(OC(=O)c6c(C)c(Cl)c(O)c(Cl)c6O)C(C)O5)C(C)O4)OC3C(C)O2)C1O. The standard InChI is InChI=1S/C60H88Cl2O32/c1-20(2)52(70)86-48-45-31(91-60(92-45)51-50(77-19-78-51)59(72,26(8)63)27(9)90-60)18-76-55(48)88-56-47(75-13)39(68)44(30(82-56)17-73-11)87-54-40(69)46(43(74-12)23(5)81-54)84-33-16-57(10)49(25(7)80-33)93-58(94-57)15-29(65)42(24(6)89-58)83-32-14-28(64)41(22(4)79-32)85-53(71)34-21(3)35(61)38(67)36(62)37(34)66/h20,22-33,39-51,54-56,63-69,72H,14-19H2,1-13H3. The third kappa shape index (κ3) is 13.1. The zero-order valence-corrected chi connectivity index (χ0v) is 55.6. The number of halogens is 2. The van der Waals surface area contributed by atoms with Crippen molar-refractivity contribution in [3.05, 3.63) is 21.2 Å². The molecule has 32 unspecified atom stereocenters. The Labute approximate surface area is 551 Å². The van der Waals surface area contributed by atoms with Gasteiger partial charge in [-0.3, -0.25) is 4.79 Å². The lowest BCUT2D eigenvalue weighted by Gasteiger charge is -2.51. The van der Waals surface area contributed by atoms with Crippen molar-refractivity contribution in [3.8, 4) is 11.5 Å². The molecule has 11 rings (SSSR count). The Morgan fingerprint density at radius 1 is 0.638 bits per heavy atom. The van der Waals surface area contributed by atoms with Gasteiger partial charge in [-0.25, -0.2) is 4.79 Å². The Balaban J connectivity index is 0.723. The van der Waals surface area contributed by atoms with E-state index in [0.717, 1.165) is 0 Å². The van der Waals surface area contributed by atoms with E-state index in [9.17, 15) is 50.4 Å². The molecule has 8 N–H and O–H groups in total. The molecule has 0 bridgehead atoms. The first-order valence-corrected chi connectivity index (χ1v) is 32.2. The fourth-order valence-corrected chi connectivity index (χ4v) is 14.9. The number of carbonyl (C=O) groups excluding carboxylic acids is 2. The highest BCUT2D eigenvalue weighted by atomic mass is 35.5. The molecule has 94 heavy (non-hydrogen) atoms. The van der Waals surface area contributed by atoms with Crippen LogP contribution in [-0.2, 0) is 109 Å². The lowest BCUT2D eigenvalue weighted by molar-refractivity contribution is -0.439. The number of esters is 2. The minimum atomic E-state index is -2.03. The molecule has 32 atom stereocenters. The molecule has 32 nitrogen and oxygen atoms in total. The number of rotatable bonds is 17. The molecule has 10 saturated heterocycles. The quantitative estimate of drug-likeness (QED) is 0.0987. The van der Waals surface area contributed by atoms with Crippen molar-refractivity contribution in [2.45, 2.75) is 283 Å². The maximum Gasteiger partial charge on any atom is 0.342 e. The van der Waals surface area contributed by atoms with E-state index in [4.69, 9.17) is 127 Å². The summed E-state index contributed by atoms with van der Waals surface area (Å²) in [5.41, 5.74) is -3.55. The second-order valence-corrected chi connectivity index (χ2v) is 27.0. The summed E-state index contributed by atoms with van der Waals surface area (Å²) in [6, 6.07) is 0. The molecule has 0 amide bonds. The van der Waals surface area contributed by atoms with Gasteiger partial charge in [-0.2, -0.15) is 0 Å². The first-order valence-electron chi connectivity index (χ1n) is 31.5. The summed E-state index contributed by atoms with van der Waals surface area (Å²) < 4.78 is 137. The van der Waals surface area contributed by atoms with Crippen LogP contribution >= 0.6 is 23.2 Å². The monoisotopic (exact) mass is 1390 g/mol. The van der Waals surface area contributed by atoms with Crippen molar-refractivity contribution in [2.75, 3.05) is 41.3 Å². The number of ether oxygens (including phenoxy) is 22. The molecule has 0 saturated carbocycles. The number of phenolic OH excluding ortho intramolecular Hbond substituents is 2. The lowest BCUT2D eigenvalue weighted by Crippen LogP contribution is -2.72. The van der Waals surface area contributed by atoms with Crippen LogP contribution in [0.4, 0.5) is 0 Å². The summed E-state index contributed by atoms with van der Waals surface area (Å²) in [6.07, 6.45) is -34.0.